The van der Waals surface area contributed by atoms with Crippen molar-refractivity contribution in [2.75, 3.05) is 6.61 Å². The van der Waals surface area contributed by atoms with Crippen molar-refractivity contribution in [2.24, 2.45) is 11.8 Å². The predicted octanol–water partition coefficient (Wildman–Crippen LogP) is 5.34. The average molecular weight is 564 g/mol. The van der Waals surface area contributed by atoms with E-state index in [0.29, 0.717) is 19.3 Å². The number of carbonyl (C=O) groups excluding carboxylic acids is 4. The van der Waals surface area contributed by atoms with E-state index >= 15 is 0 Å². The van der Waals surface area contributed by atoms with Crippen LogP contribution in [0, 0.1) is 11.8 Å². The third-order valence-corrected chi connectivity index (χ3v) is 7.36. The van der Waals surface area contributed by atoms with Gasteiger partial charge in [0.05, 0.1) is 6.04 Å². The van der Waals surface area contributed by atoms with E-state index in [1.165, 1.54) is 0 Å². The van der Waals surface area contributed by atoms with E-state index in [1.807, 2.05) is 71.0 Å². The number of aldehydes is 1. The van der Waals surface area contributed by atoms with Gasteiger partial charge < -0.3 is 25.5 Å². The number of unbranched alkanes of at least 4 members (excludes halogenated alkanes) is 1. The van der Waals surface area contributed by atoms with Crippen LogP contribution < -0.4 is 16.0 Å². The molecule has 41 heavy (non-hydrogen) atoms. The molecule has 0 heterocycles. The Morgan fingerprint density at radius 3 is 1.83 bits per heavy atom. The standard InChI is InChI=1S/C33H45N3O5/c1-6-7-12-23(19-37)34-31(38)29(17-21(2)3)35-32(39)30(18-22(4)5)36-33(40)41-20-28-26-15-10-8-13-24(26)25-14-9-11-16-27(25)28/h8-11,13-16,19,21-23,28-30H,6-7,12,17-18,20H2,1-5H3,(H,34,38)(H,35,39)(H,36,40)/t23?,29-,30-/m0/s1. The summed E-state index contributed by atoms with van der Waals surface area (Å²) in [5.41, 5.74) is 4.48. The highest BCUT2D eigenvalue weighted by Gasteiger charge is 2.31. The molecule has 1 aliphatic rings. The second kappa shape index (κ2) is 15.4. The second-order valence-corrected chi connectivity index (χ2v) is 11.7. The summed E-state index contributed by atoms with van der Waals surface area (Å²) in [6.07, 6.45) is 3.10. The van der Waals surface area contributed by atoms with Crippen LogP contribution in [0.25, 0.3) is 11.1 Å². The largest absolute Gasteiger partial charge is 0.449 e. The molecule has 8 nitrogen and oxygen atoms in total. The summed E-state index contributed by atoms with van der Waals surface area (Å²) in [6.45, 7) is 9.99. The molecule has 1 unspecified atom stereocenters. The molecule has 2 aromatic carbocycles. The van der Waals surface area contributed by atoms with Gasteiger partial charge in [0, 0.05) is 5.92 Å². The molecule has 2 aromatic rings. The highest BCUT2D eigenvalue weighted by atomic mass is 16.5. The van der Waals surface area contributed by atoms with Crippen molar-refractivity contribution in [3.63, 3.8) is 0 Å². The van der Waals surface area contributed by atoms with Gasteiger partial charge in [-0.15, -0.1) is 0 Å². The molecule has 0 aliphatic heterocycles. The third kappa shape index (κ3) is 8.90. The van der Waals surface area contributed by atoms with Gasteiger partial charge in [0.2, 0.25) is 11.8 Å². The monoisotopic (exact) mass is 563 g/mol. The van der Waals surface area contributed by atoms with Crippen molar-refractivity contribution >= 4 is 24.2 Å². The lowest BCUT2D eigenvalue weighted by atomic mass is 9.98. The number of carbonyl (C=O) groups is 4. The van der Waals surface area contributed by atoms with Crippen LogP contribution in [0.15, 0.2) is 48.5 Å². The summed E-state index contributed by atoms with van der Waals surface area (Å²) < 4.78 is 5.68. The van der Waals surface area contributed by atoms with Gasteiger partial charge in [-0.25, -0.2) is 4.79 Å². The summed E-state index contributed by atoms with van der Waals surface area (Å²) in [5.74, 6) is -0.725. The van der Waals surface area contributed by atoms with Gasteiger partial charge in [-0.1, -0.05) is 96.0 Å². The van der Waals surface area contributed by atoms with E-state index in [0.717, 1.165) is 41.4 Å². The fraction of sp³-hybridized carbons (Fsp3) is 0.515. The number of amides is 3. The summed E-state index contributed by atoms with van der Waals surface area (Å²) in [6, 6.07) is 13.9. The highest BCUT2D eigenvalue weighted by molar-refractivity contribution is 5.92. The Kier molecular flexibility index (Phi) is 11.9. The van der Waals surface area contributed by atoms with E-state index in [2.05, 4.69) is 28.1 Å². The minimum atomic E-state index is -0.880. The van der Waals surface area contributed by atoms with Crippen LogP contribution in [0.2, 0.25) is 0 Å². The first-order valence-electron chi connectivity index (χ1n) is 14.8. The van der Waals surface area contributed by atoms with E-state index in [4.69, 9.17) is 4.74 Å². The fourth-order valence-corrected chi connectivity index (χ4v) is 5.34. The van der Waals surface area contributed by atoms with Gasteiger partial charge >= 0.3 is 6.09 Å². The molecule has 1 aliphatic carbocycles. The molecule has 0 saturated carbocycles. The Bertz CT molecular complexity index is 1150. The van der Waals surface area contributed by atoms with Crippen molar-refractivity contribution < 1.29 is 23.9 Å². The van der Waals surface area contributed by atoms with Crippen LogP contribution in [-0.4, -0.2) is 48.9 Å². The molecule has 3 N–H and O–H groups in total. The topological polar surface area (TPSA) is 114 Å². The van der Waals surface area contributed by atoms with E-state index in [9.17, 15) is 19.2 Å². The van der Waals surface area contributed by atoms with Gasteiger partial charge in [-0.2, -0.15) is 0 Å². The molecule has 3 amide bonds. The first kappa shape index (κ1) is 31.8. The molecular weight excluding hydrogens is 518 g/mol. The average Bonchev–Trinajstić information content (AvgIpc) is 3.26. The smallest absolute Gasteiger partial charge is 0.407 e. The number of hydrogen-bond acceptors (Lipinski definition) is 5. The number of nitrogens with one attached hydrogen (secondary N) is 3. The van der Waals surface area contributed by atoms with Gasteiger partial charge in [0.1, 0.15) is 25.0 Å². The van der Waals surface area contributed by atoms with Crippen LogP contribution in [0.1, 0.15) is 83.8 Å². The molecule has 0 saturated heterocycles. The highest BCUT2D eigenvalue weighted by Crippen LogP contribution is 2.44. The van der Waals surface area contributed by atoms with E-state index in [1.54, 1.807) is 0 Å². The lowest BCUT2D eigenvalue weighted by Gasteiger charge is -2.26. The van der Waals surface area contributed by atoms with Crippen molar-refractivity contribution in [3.05, 3.63) is 59.7 Å². The summed E-state index contributed by atoms with van der Waals surface area (Å²) in [4.78, 5) is 50.9. The number of rotatable bonds is 15. The lowest BCUT2D eigenvalue weighted by Crippen LogP contribution is -2.55. The van der Waals surface area contributed by atoms with Crippen LogP contribution in [-0.2, 0) is 19.1 Å². The number of benzene rings is 2. The van der Waals surface area contributed by atoms with E-state index < -0.39 is 36.0 Å². The van der Waals surface area contributed by atoms with Crippen molar-refractivity contribution in [3.8, 4) is 11.1 Å². The first-order chi connectivity index (χ1) is 19.6. The maximum atomic E-state index is 13.4. The maximum Gasteiger partial charge on any atom is 0.407 e. The molecule has 3 rings (SSSR count). The summed E-state index contributed by atoms with van der Waals surface area (Å²) in [5, 5.41) is 8.33. The van der Waals surface area contributed by atoms with Crippen molar-refractivity contribution in [1.29, 1.82) is 0 Å². The number of hydrogen-bond donors (Lipinski definition) is 3. The Morgan fingerprint density at radius 2 is 1.32 bits per heavy atom. The normalized spacial score (nSPS) is 14.5. The zero-order chi connectivity index (χ0) is 29.9. The van der Waals surface area contributed by atoms with Crippen molar-refractivity contribution in [2.45, 2.75) is 90.8 Å². The fourth-order valence-electron chi connectivity index (χ4n) is 5.34. The number of ether oxygens (including phenoxy) is 1. The molecule has 222 valence electrons. The van der Waals surface area contributed by atoms with Crippen LogP contribution in [0.3, 0.4) is 0 Å². The molecule has 8 heteroatoms. The molecule has 0 radical (unpaired) electrons. The first-order valence-corrected chi connectivity index (χ1v) is 14.8. The maximum absolute atomic E-state index is 13.4. The quantitative estimate of drug-likeness (QED) is 0.253. The zero-order valence-electron chi connectivity index (χ0n) is 24.9. The van der Waals surface area contributed by atoms with Gasteiger partial charge in [0.15, 0.2) is 0 Å². The minimum Gasteiger partial charge on any atom is -0.449 e. The van der Waals surface area contributed by atoms with Gasteiger partial charge in [-0.3, -0.25) is 9.59 Å². The molecule has 0 aromatic heterocycles. The van der Waals surface area contributed by atoms with Gasteiger partial charge in [0.25, 0.3) is 0 Å². The van der Waals surface area contributed by atoms with Crippen LogP contribution in [0.5, 0.6) is 0 Å². The Balaban J connectivity index is 1.66. The van der Waals surface area contributed by atoms with Gasteiger partial charge in [-0.05, 0) is 53.4 Å². The van der Waals surface area contributed by atoms with Crippen molar-refractivity contribution in [1.82, 2.24) is 16.0 Å². The Morgan fingerprint density at radius 1 is 0.805 bits per heavy atom. The number of fused-ring (bicyclic) bond motifs is 3. The third-order valence-electron chi connectivity index (χ3n) is 7.36. The Labute approximate surface area is 244 Å². The summed E-state index contributed by atoms with van der Waals surface area (Å²) in [7, 11) is 0. The minimum absolute atomic E-state index is 0.0943. The number of alkyl carbamates (subject to hydrolysis) is 1. The molecule has 0 spiro atoms. The van der Waals surface area contributed by atoms with Crippen LogP contribution >= 0.6 is 0 Å². The predicted molar refractivity (Wildman–Crippen MR) is 160 cm³/mol. The molecule has 3 atom stereocenters. The van der Waals surface area contributed by atoms with Crippen LogP contribution in [0.4, 0.5) is 4.79 Å². The molecular formula is C33H45N3O5. The molecule has 0 fully saturated rings. The lowest BCUT2D eigenvalue weighted by molar-refractivity contribution is -0.131. The SMILES string of the molecule is CCCCC(C=O)NC(=O)[C@H](CC(C)C)NC(=O)[C@H](CC(C)C)NC(=O)OCC1c2ccccc2-c2ccccc21. The molecule has 0 bridgehead atoms. The van der Waals surface area contributed by atoms with E-state index in [-0.39, 0.29) is 24.4 Å². The second-order valence-electron chi connectivity index (χ2n) is 11.7. The summed E-state index contributed by atoms with van der Waals surface area (Å²) >= 11 is 0. The Hall–Kier alpha value is -3.68. The zero-order valence-corrected chi connectivity index (χ0v) is 24.9.